The second-order valence-electron chi connectivity index (χ2n) is 5.54. The molecule has 1 aromatic rings. The summed E-state index contributed by atoms with van der Waals surface area (Å²) in [4.78, 5) is 2.13. The highest BCUT2D eigenvalue weighted by Crippen LogP contribution is 2.41. The Labute approximate surface area is 116 Å². The number of fused-ring (bicyclic) bond motifs is 2. The lowest BCUT2D eigenvalue weighted by Gasteiger charge is -2.39. The maximum absolute atomic E-state index is 14.0. The van der Waals surface area contributed by atoms with E-state index in [0.717, 1.165) is 12.8 Å². The van der Waals surface area contributed by atoms with Gasteiger partial charge in [0.05, 0.1) is 17.4 Å². The van der Waals surface area contributed by atoms with E-state index in [1.54, 1.807) is 12.1 Å². The maximum atomic E-state index is 14.0. The fraction of sp³-hybridized carbons (Fsp3) is 0.500. The van der Waals surface area contributed by atoms with Crippen LogP contribution in [0.4, 0.5) is 10.1 Å². The minimum Gasteiger partial charge on any atom is -0.409 e. The molecule has 20 heavy (non-hydrogen) atoms. The van der Waals surface area contributed by atoms with Gasteiger partial charge in [-0.05, 0) is 37.8 Å². The predicted octanol–water partition coefficient (Wildman–Crippen LogP) is 1.41. The fourth-order valence-electron chi connectivity index (χ4n) is 3.57. The van der Waals surface area contributed by atoms with Gasteiger partial charge in [-0.15, -0.1) is 0 Å². The molecule has 2 fully saturated rings. The van der Waals surface area contributed by atoms with E-state index in [0.29, 0.717) is 18.5 Å². The first-order valence-corrected chi connectivity index (χ1v) is 6.84. The number of rotatable bonds is 2. The third-order valence-electron chi connectivity index (χ3n) is 4.34. The van der Waals surface area contributed by atoms with Crippen molar-refractivity contribution in [1.82, 2.24) is 0 Å². The molecule has 0 amide bonds. The Morgan fingerprint density at radius 1 is 1.30 bits per heavy atom. The van der Waals surface area contributed by atoms with Crippen LogP contribution in [-0.2, 0) is 0 Å². The number of nitrogens with two attached hydrogens (primary N) is 1. The van der Waals surface area contributed by atoms with Crippen molar-refractivity contribution < 1.29 is 14.7 Å². The minimum absolute atomic E-state index is 0.142. The maximum Gasteiger partial charge on any atom is 0.175 e. The van der Waals surface area contributed by atoms with Gasteiger partial charge in [-0.2, -0.15) is 0 Å². The number of hydrogen-bond acceptors (Lipinski definition) is 4. The van der Waals surface area contributed by atoms with Gasteiger partial charge < -0.3 is 20.9 Å². The summed E-state index contributed by atoms with van der Waals surface area (Å²) in [6.07, 6.45) is 3.04. The van der Waals surface area contributed by atoms with E-state index in [4.69, 9.17) is 10.9 Å². The Kier molecular flexibility index (Phi) is 3.25. The van der Waals surface area contributed by atoms with Crippen molar-refractivity contribution in [3.05, 3.63) is 29.6 Å². The number of aliphatic hydroxyl groups is 1. The molecular weight excluding hydrogens is 261 g/mol. The lowest BCUT2D eigenvalue weighted by atomic mass is 9.97. The summed E-state index contributed by atoms with van der Waals surface area (Å²) in [5, 5.41) is 21.6. The van der Waals surface area contributed by atoms with E-state index in [9.17, 15) is 9.50 Å². The molecule has 0 radical (unpaired) electrons. The molecule has 4 N–H and O–H groups in total. The van der Waals surface area contributed by atoms with E-state index in [-0.39, 0.29) is 29.6 Å². The SMILES string of the molecule is NC(=NO)c1c(F)cccc1N1C2CCC1CC(O)C2. The molecule has 2 saturated heterocycles. The molecule has 6 heteroatoms. The minimum atomic E-state index is -0.497. The van der Waals surface area contributed by atoms with Crippen LogP contribution in [0.25, 0.3) is 0 Å². The number of oxime groups is 1. The number of amidine groups is 1. The van der Waals surface area contributed by atoms with E-state index >= 15 is 0 Å². The van der Waals surface area contributed by atoms with Crippen molar-refractivity contribution in [1.29, 1.82) is 0 Å². The van der Waals surface area contributed by atoms with Gasteiger partial charge in [0.1, 0.15) is 5.82 Å². The number of piperidine rings is 1. The Balaban J connectivity index is 2.05. The van der Waals surface area contributed by atoms with Crippen LogP contribution in [-0.4, -0.2) is 34.3 Å². The topological polar surface area (TPSA) is 82.1 Å². The number of nitrogens with zero attached hydrogens (tertiary/aromatic N) is 2. The van der Waals surface area contributed by atoms with Crippen LogP contribution in [0, 0.1) is 5.82 Å². The number of benzene rings is 1. The van der Waals surface area contributed by atoms with Crippen LogP contribution < -0.4 is 10.6 Å². The van der Waals surface area contributed by atoms with Crippen LogP contribution in [0.5, 0.6) is 0 Å². The fourth-order valence-corrected chi connectivity index (χ4v) is 3.57. The number of hydrogen-bond donors (Lipinski definition) is 3. The highest BCUT2D eigenvalue weighted by molar-refractivity contribution is 6.02. The predicted molar refractivity (Wildman–Crippen MR) is 73.4 cm³/mol. The highest BCUT2D eigenvalue weighted by atomic mass is 19.1. The molecule has 1 aromatic carbocycles. The van der Waals surface area contributed by atoms with Gasteiger partial charge >= 0.3 is 0 Å². The second kappa shape index (κ2) is 4.94. The zero-order chi connectivity index (χ0) is 14.3. The molecule has 2 bridgehead atoms. The number of halogens is 1. The molecule has 3 rings (SSSR count). The summed E-state index contributed by atoms with van der Waals surface area (Å²) in [5.74, 6) is -0.716. The summed E-state index contributed by atoms with van der Waals surface area (Å²) in [6, 6.07) is 5.10. The van der Waals surface area contributed by atoms with E-state index in [1.165, 1.54) is 6.07 Å². The van der Waals surface area contributed by atoms with Gasteiger partial charge in [-0.1, -0.05) is 11.2 Å². The third-order valence-corrected chi connectivity index (χ3v) is 4.34. The monoisotopic (exact) mass is 279 g/mol. The molecule has 0 aliphatic carbocycles. The van der Waals surface area contributed by atoms with Crippen LogP contribution in [0.1, 0.15) is 31.2 Å². The summed E-state index contributed by atoms with van der Waals surface area (Å²) in [5.41, 5.74) is 6.42. The second-order valence-corrected chi connectivity index (χ2v) is 5.54. The van der Waals surface area contributed by atoms with Crippen molar-refractivity contribution in [3.8, 4) is 0 Å². The van der Waals surface area contributed by atoms with Crippen molar-refractivity contribution >= 4 is 11.5 Å². The molecule has 0 saturated carbocycles. The summed E-state index contributed by atoms with van der Waals surface area (Å²) in [6.45, 7) is 0. The number of anilines is 1. The highest BCUT2D eigenvalue weighted by Gasteiger charge is 2.41. The van der Waals surface area contributed by atoms with Gasteiger partial charge in [-0.25, -0.2) is 4.39 Å². The van der Waals surface area contributed by atoms with Crippen molar-refractivity contribution in [2.75, 3.05) is 4.90 Å². The van der Waals surface area contributed by atoms with Gasteiger partial charge in [0, 0.05) is 12.1 Å². The van der Waals surface area contributed by atoms with Crippen molar-refractivity contribution in [2.24, 2.45) is 10.9 Å². The molecule has 2 heterocycles. The largest absolute Gasteiger partial charge is 0.409 e. The van der Waals surface area contributed by atoms with Crippen LogP contribution in [0.3, 0.4) is 0 Å². The zero-order valence-corrected chi connectivity index (χ0v) is 11.0. The molecule has 5 nitrogen and oxygen atoms in total. The van der Waals surface area contributed by atoms with Crippen molar-refractivity contribution in [2.45, 2.75) is 43.9 Å². The van der Waals surface area contributed by atoms with Gasteiger partial charge in [0.2, 0.25) is 0 Å². The molecule has 2 aliphatic rings. The van der Waals surface area contributed by atoms with Crippen LogP contribution >= 0.6 is 0 Å². The van der Waals surface area contributed by atoms with Crippen LogP contribution in [0.2, 0.25) is 0 Å². The molecule has 2 aliphatic heterocycles. The average Bonchev–Trinajstić information content (AvgIpc) is 2.69. The van der Waals surface area contributed by atoms with E-state index in [1.807, 2.05) is 0 Å². The van der Waals surface area contributed by atoms with Gasteiger partial charge in [-0.3, -0.25) is 0 Å². The summed E-state index contributed by atoms with van der Waals surface area (Å²) >= 11 is 0. The summed E-state index contributed by atoms with van der Waals surface area (Å²) in [7, 11) is 0. The average molecular weight is 279 g/mol. The smallest absolute Gasteiger partial charge is 0.175 e. The quantitative estimate of drug-likeness (QED) is 0.331. The third kappa shape index (κ3) is 2.00. The first-order chi connectivity index (χ1) is 9.61. The molecule has 2 unspecified atom stereocenters. The Morgan fingerprint density at radius 3 is 2.55 bits per heavy atom. The number of aliphatic hydroxyl groups excluding tert-OH is 1. The Hall–Kier alpha value is -1.82. The first-order valence-electron chi connectivity index (χ1n) is 6.84. The van der Waals surface area contributed by atoms with E-state index < -0.39 is 5.82 Å². The molecule has 108 valence electrons. The Bertz CT molecular complexity index is 535. The van der Waals surface area contributed by atoms with Crippen LogP contribution in [0.15, 0.2) is 23.4 Å². The first kappa shape index (κ1) is 13.2. The van der Waals surface area contributed by atoms with Gasteiger partial charge in [0.15, 0.2) is 5.84 Å². The zero-order valence-electron chi connectivity index (χ0n) is 11.0. The lowest BCUT2D eigenvalue weighted by Crippen LogP contribution is -2.45. The molecule has 0 spiro atoms. The molecule has 0 aromatic heterocycles. The molecular formula is C14H18FN3O2. The van der Waals surface area contributed by atoms with E-state index in [2.05, 4.69) is 10.1 Å². The molecule has 2 atom stereocenters. The lowest BCUT2D eigenvalue weighted by molar-refractivity contribution is 0.126. The standard InChI is InChI=1S/C14H18FN3O2/c15-11-2-1-3-12(13(11)14(16)17-20)18-8-4-5-9(18)7-10(19)6-8/h1-3,8-10,19-20H,4-7H2,(H2,16,17). The summed E-state index contributed by atoms with van der Waals surface area (Å²) < 4.78 is 14.0. The van der Waals surface area contributed by atoms with Gasteiger partial charge in [0.25, 0.3) is 0 Å². The Morgan fingerprint density at radius 2 is 1.95 bits per heavy atom. The van der Waals surface area contributed by atoms with Crippen molar-refractivity contribution in [3.63, 3.8) is 0 Å². The normalized spacial score (nSPS) is 29.8.